The molecule has 0 radical (unpaired) electrons. The third-order valence-corrected chi connectivity index (χ3v) is 8.52. The second-order valence-corrected chi connectivity index (χ2v) is 10.3. The molecular formula is C20H29ClN2O4S. The molecule has 1 saturated heterocycles. The number of carbonyl (C=O) groups excluding carboxylic acids is 1. The highest BCUT2D eigenvalue weighted by atomic mass is 35.5. The molecular weight excluding hydrogens is 400 g/mol. The number of nitrogens with one attached hydrogen (secondary N) is 1. The van der Waals surface area contributed by atoms with Crippen LogP contribution in [0.25, 0.3) is 0 Å². The molecule has 8 heteroatoms. The van der Waals surface area contributed by atoms with Crippen LogP contribution in [0.3, 0.4) is 0 Å². The Kier molecular flexibility index (Phi) is 7.36. The van der Waals surface area contributed by atoms with Gasteiger partial charge in [-0.15, -0.1) is 0 Å². The summed E-state index contributed by atoms with van der Waals surface area (Å²) in [4.78, 5) is 15.5. The molecule has 1 saturated carbocycles. The van der Waals surface area contributed by atoms with Gasteiger partial charge in [0.1, 0.15) is 0 Å². The van der Waals surface area contributed by atoms with Crippen LogP contribution in [0.1, 0.15) is 38.5 Å². The maximum Gasteiger partial charge on any atom is 0.241 e. The number of sulfone groups is 1. The van der Waals surface area contributed by atoms with Gasteiger partial charge in [0.05, 0.1) is 18.1 Å². The van der Waals surface area contributed by atoms with Crippen molar-refractivity contribution in [2.75, 3.05) is 39.4 Å². The molecule has 0 spiro atoms. The predicted octanol–water partition coefficient (Wildman–Crippen LogP) is 2.66. The number of amides is 1. The third-order valence-electron chi connectivity index (χ3n) is 5.75. The average Bonchev–Trinajstić information content (AvgIpc) is 3.21. The van der Waals surface area contributed by atoms with E-state index in [-0.39, 0.29) is 10.8 Å². The van der Waals surface area contributed by atoms with E-state index in [0.29, 0.717) is 24.4 Å². The summed E-state index contributed by atoms with van der Waals surface area (Å²) in [6, 6.07) is 6.10. The zero-order chi connectivity index (χ0) is 20.0. The molecule has 0 bridgehead atoms. The lowest BCUT2D eigenvalue weighted by atomic mass is 10.1. The van der Waals surface area contributed by atoms with E-state index in [2.05, 4.69) is 10.2 Å². The predicted molar refractivity (Wildman–Crippen MR) is 109 cm³/mol. The van der Waals surface area contributed by atoms with Crippen molar-refractivity contribution in [3.05, 3.63) is 29.3 Å². The summed E-state index contributed by atoms with van der Waals surface area (Å²) in [6.45, 7) is 4.95. The molecule has 1 aliphatic carbocycles. The molecule has 28 heavy (non-hydrogen) atoms. The van der Waals surface area contributed by atoms with E-state index in [1.807, 2.05) is 0 Å². The molecule has 3 rings (SSSR count). The Balaban J connectivity index is 1.58. The van der Waals surface area contributed by atoms with Crippen LogP contribution in [0.4, 0.5) is 0 Å². The van der Waals surface area contributed by atoms with Gasteiger partial charge in [-0.2, -0.15) is 0 Å². The Morgan fingerprint density at radius 1 is 1.11 bits per heavy atom. The molecule has 1 aliphatic heterocycles. The van der Waals surface area contributed by atoms with Gasteiger partial charge in [-0.05, 0) is 56.5 Å². The van der Waals surface area contributed by atoms with E-state index < -0.39 is 14.6 Å². The van der Waals surface area contributed by atoms with Gasteiger partial charge in [0.15, 0.2) is 14.6 Å². The minimum absolute atomic E-state index is 0.168. The van der Waals surface area contributed by atoms with Gasteiger partial charge in [-0.1, -0.05) is 24.4 Å². The highest BCUT2D eigenvalue weighted by Crippen LogP contribution is 2.41. The zero-order valence-corrected chi connectivity index (χ0v) is 17.7. The Morgan fingerprint density at radius 3 is 2.39 bits per heavy atom. The van der Waals surface area contributed by atoms with Crippen molar-refractivity contribution in [3.8, 4) is 0 Å². The second-order valence-electron chi connectivity index (χ2n) is 7.58. The van der Waals surface area contributed by atoms with Crippen LogP contribution in [-0.2, 0) is 19.4 Å². The first kappa shape index (κ1) is 21.6. The number of carbonyl (C=O) groups is 1. The smallest absolute Gasteiger partial charge is 0.241 e. The van der Waals surface area contributed by atoms with Crippen LogP contribution in [0.15, 0.2) is 29.2 Å². The van der Waals surface area contributed by atoms with Crippen LogP contribution < -0.4 is 5.32 Å². The molecule has 0 unspecified atom stereocenters. The van der Waals surface area contributed by atoms with Crippen molar-refractivity contribution in [1.82, 2.24) is 10.2 Å². The van der Waals surface area contributed by atoms with E-state index in [9.17, 15) is 13.2 Å². The van der Waals surface area contributed by atoms with Crippen molar-refractivity contribution in [3.63, 3.8) is 0 Å². The van der Waals surface area contributed by atoms with E-state index in [0.717, 1.165) is 58.5 Å². The Morgan fingerprint density at radius 2 is 1.75 bits per heavy atom. The second kappa shape index (κ2) is 9.57. The fourth-order valence-electron chi connectivity index (χ4n) is 4.05. The SMILES string of the molecule is O=C(NCCCCN1CCOCC1)C1(S(=O)(=O)c2ccc(Cl)cc2)CCCC1. The summed E-state index contributed by atoms with van der Waals surface area (Å²) in [6.07, 6.45) is 4.04. The fourth-order valence-corrected chi connectivity index (χ4v) is 6.27. The van der Waals surface area contributed by atoms with Gasteiger partial charge in [0, 0.05) is 24.7 Å². The summed E-state index contributed by atoms with van der Waals surface area (Å²) < 4.78 is 30.5. The van der Waals surface area contributed by atoms with Crippen LogP contribution in [0.5, 0.6) is 0 Å². The number of halogens is 1. The maximum absolute atomic E-state index is 13.3. The Hall–Kier alpha value is -1.15. The van der Waals surface area contributed by atoms with Gasteiger partial charge in [-0.3, -0.25) is 9.69 Å². The fraction of sp³-hybridized carbons (Fsp3) is 0.650. The number of morpholine rings is 1. The van der Waals surface area contributed by atoms with Crippen LogP contribution in [0.2, 0.25) is 5.02 Å². The Labute approximate surface area is 172 Å². The van der Waals surface area contributed by atoms with Crippen LogP contribution >= 0.6 is 11.6 Å². The highest BCUT2D eigenvalue weighted by Gasteiger charge is 2.52. The first-order chi connectivity index (χ1) is 13.5. The van der Waals surface area contributed by atoms with E-state index in [1.54, 1.807) is 12.1 Å². The molecule has 6 nitrogen and oxygen atoms in total. The number of benzene rings is 1. The lowest BCUT2D eigenvalue weighted by Gasteiger charge is -2.28. The van der Waals surface area contributed by atoms with Gasteiger partial charge in [0.2, 0.25) is 5.91 Å². The minimum atomic E-state index is -3.77. The van der Waals surface area contributed by atoms with E-state index in [1.165, 1.54) is 12.1 Å². The largest absolute Gasteiger partial charge is 0.379 e. The van der Waals surface area contributed by atoms with Crippen molar-refractivity contribution < 1.29 is 17.9 Å². The molecule has 1 aromatic carbocycles. The highest BCUT2D eigenvalue weighted by molar-refractivity contribution is 7.93. The van der Waals surface area contributed by atoms with Crippen molar-refractivity contribution >= 4 is 27.3 Å². The third kappa shape index (κ3) is 4.70. The summed E-state index contributed by atoms with van der Waals surface area (Å²) >= 11 is 5.89. The topological polar surface area (TPSA) is 75.7 Å². The number of rotatable bonds is 8. The normalized spacial score (nSPS) is 20.2. The standard InChI is InChI=1S/C20H29ClN2O4S/c21-17-5-7-18(8-6-17)28(25,26)20(9-1-2-10-20)19(24)22-11-3-4-12-23-13-15-27-16-14-23/h5-8H,1-4,9-16H2,(H,22,24). The molecule has 1 heterocycles. The van der Waals surface area contributed by atoms with Crippen LogP contribution in [0, 0.1) is 0 Å². The maximum atomic E-state index is 13.3. The monoisotopic (exact) mass is 428 g/mol. The molecule has 1 aromatic rings. The lowest BCUT2D eigenvalue weighted by Crippen LogP contribution is -2.50. The average molecular weight is 429 g/mol. The van der Waals surface area contributed by atoms with Crippen LogP contribution in [-0.4, -0.2) is 63.4 Å². The molecule has 2 aliphatic rings. The Bertz CT molecular complexity index is 755. The van der Waals surface area contributed by atoms with Crippen molar-refractivity contribution in [2.24, 2.45) is 0 Å². The quantitative estimate of drug-likeness (QED) is 0.644. The van der Waals surface area contributed by atoms with E-state index >= 15 is 0 Å². The molecule has 0 atom stereocenters. The molecule has 0 aromatic heterocycles. The lowest BCUT2D eigenvalue weighted by molar-refractivity contribution is -0.123. The first-order valence-corrected chi connectivity index (χ1v) is 11.9. The number of ether oxygens (including phenoxy) is 1. The summed E-state index contributed by atoms with van der Waals surface area (Å²) in [5, 5.41) is 3.38. The number of unbranched alkanes of at least 4 members (excludes halogenated alkanes) is 1. The molecule has 1 amide bonds. The van der Waals surface area contributed by atoms with Gasteiger partial charge < -0.3 is 10.1 Å². The summed E-state index contributed by atoms with van der Waals surface area (Å²) in [5.41, 5.74) is 0. The van der Waals surface area contributed by atoms with Gasteiger partial charge in [-0.25, -0.2) is 8.42 Å². The van der Waals surface area contributed by atoms with Crippen molar-refractivity contribution in [1.29, 1.82) is 0 Å². The van der Waals surface area contributed by atoms with Crippen molar-refractivity contribution in [2.45, 2.75) is 48.2 Å². The van der Waals surface area contributed by atoms with E-state index in [4.69, 9.17) is 16.3 Å². The molecule has 156 valence electrons. The number of hydrogen-bond acceptors (Lipinski definition) is 5. The van der Waals surface area contributed by atoms with Gasteiger partial charge >= 0.3 is 0 Å². The summed E-state index contributed by atoms with van der Waals surface area (Å²) in [7, 11) is -3.77. The molecule has 2 fully saturated rings. The van der Waals surface area contributed by atoms with Gasteiger partial charge in [0.25, 0.3) is 0 Å². The number of hydrogen-bond donors (Lipinski definition) is 1. The first-order valence-electron chi connectivity index (χ1n) is 10.0. The number of nitrogens with zero attached hydrogens (tertiary/aromatic N) is 1. The zero-order valence-electron chi connectivity index (χ0n) is 16.2. The minimum Gasteiger partial charge on any atom is -0.379 e. The molecule has 1 N–H and O–H groups in total. The summed E-state index contributed by atoms with van der Waals surface area (Å²) in [5.74, 6) is -0.355.